The molecule has 2 heterocycles. The molecule has 0 aliphatic heterocycles. The zero-order valence-corrected chi connectivity index (χ0v) is 13.0. The highest BCUT2D eigenvalue weighted by Gasteiger charge is 2.16. The summed E-state index contributed by atoms with van der Waals surface area (Å²) in [4.78, 5) is 4.29. The lowest BCUT2D eigenvalue weighted by molar-refractivity contribution is 0.282. The largest absolute Gasteiger partial charge is 0.392 e. The lowest BCUT2D eigenvalue weighted by atomic mass is 9.96. The first kappa shape index (κ1) is 13.3. The third kappa shape index (κ3) is 1.57. The van der Waals surface area contributed by atoms with Crippen molar-refractivity contribution in [3.05, 3.63) is 53.3 Å². The van der Waals surface area contributed by atoms with Crippen LogP contribution in [-0.4, -0.2) is 14.7 Å². The highest BCUT2D eigenvalue weighted by molar-refractivity contribution is 6.16. The number of benzene rings is 2. The van der Waals surface area contributed by atoms with Gasteiger partial charge in [-0.3, -0.25) is 4.98 Å². The molecule has 0 saturated heterocycles. The summed E-state index contributed by atoms with van der Waals surface area (Å²) in [5, 5.41) is 14.4. The van der Waals surface area contributed by atoms with E-state index < -0.39 is 0 Å². The van der Waals surface area contributed by atoms with Gasteiger partial charge in [-0.2, -0.15) is 0 Å². The average Bonchev–Trinajstić information content (AvgIpc) is 2.85. The van der Waals surface area contributed by atoms with Crippen LogP contribution in [0.5, 0.6) is 0 Å². The van der Waals surface area contributed by atoms with E-state index in [-0.39, 0.29) is 6.61 Å². The van der Waals surface area contributed by atoms with Gasteiger partial charge in [-0.25, -0.2) is 0 Å². The molecule has 0 fully saturated rings. The molecule has 0 aliphatic rings. The third-order valence-electron chi connectivity index (χ3n) is 4.81. The molecule has 2 aromatic carbocycles. The van der Waals surface area contributed by atoms with Gasteiger partial charge in [0.1, 0.15) is 0 Å². The summed E-state index contributed by atoms with van der Waals surface area (Å²) >= 11 is 0. The van der Waals surface area contributed by atoms with Crippen LogP contribution in [0.15, 0.2) is 36.7 Å². The lowest BCUT2D eigenvalue weighted by Gasteiger charge is -2.10. The predicted octanol–water partition coefficient (Wildman–Crippen LogP) is 3.99. The molecule has 0 unspecified atom stereocenters. The highest BCUT2D eigenvalue weighted by atomic mass is 16.3. The molecule has 4 rings (SSSR count). The fourth-order valence-corrected chi connectivity index (χ4v) is 3.69. The number of hydrogen-bond donors (Lipinski definition) is 1. The number of aliphatic hydroxyl groups excluding tert-OH is 1. The van der Waals surface area contributed by atoms with Gasteiger partial charge in [0.15, 0.2) is 0 Å². The van der Waals surface area contributed by atoms with E-state index in [9.17, 15) is 5.11 Å². The number of aromatic nitrogens is 2. The van der Waals surface area contributed by atoms with Crippen LogP contribution >= 0.6 is 0 Å². The van der Waals surface area contributed by atoms with E-state index in [4.69, 9.17) is 0 Å². The van der Waals surface area contributed by atoms with Gasteiger partial charge in [-0.1, -0.05) is 6.07 Å². The van der Waals surface area contributed by atoms with Gasteiger partial charge in [0.2, 0.25) is 0 Å². The first-order chi connectivity index (χ1) is 10.6. The molecule has 0 spiro atoms. The number of hydrogen-bond acceptors (Lipinski definition) is 2. The molecule has 2 aromatic heterocycles. The quantitative estimate of drug-likeness (QED) is 0.575. The van der Waals surface area contributed by atoms with Crippen LogP contribution in [0.2, 0.25) is 0 Å². The van der Waals surface area contributed by atoms with Gasteiger partial charge in [0.05, 0.1) is 12.1 Å². The second-order valence-electron chi connectivity index (χ2n) is 5.96. The maximum atomic E-state index is 9.46. The van der Waals surface area contributed by atoms with E-state index >= 15 is 0 Å². The molecule has 0 atom stereocenters. The summed E-state index contributed by atoms with van der Waals surface area (Å²) in [6, 6.07) is 8.29. The molecule has 3 nitrogen and oxygen atoms in total. The van der Waals surface area contributed by atoms with Crippen LogP contribution in [0.3, 0.4) is 0 Å². The first-order valence-corrected chi connectivity index (χ1v) is 7.48. The van der Waals surface area contributed by atoms with Gasteiger partial charge in [0.25, 0.3) is 0 Å². The van der Waals surface area contributed by atoms with Crippen LogP contribution in [-0.2, 0) is 13.7 Å². The summed E-state index contributed by atoms with van der Waals surface area (Å²) in [5.41, 5.74) is 5.93. The second kappa shape index (κ2) is 4.55. The van der Waals surface area contributed by atoms with Crippen molar-refractivity contribution in [2.45, 2.75) is 20.5 Å². The third-order valence-corrected chi connectivity index (χ3v) is 4.81. The van der Waals surface area contributed by atoms with Crippen LogP contribution in [0.25, 0.3) is 32.6 Å². The Kier molecular flexibility index (Phi) is 2.75. The molecule has 0 radical (unpaired) electrons. The maximum Gasteiger partial charge on any atom is 0.0682 e. The molecule has 110 valence electrons. The van der Waals surface area contributed by atoms with Crippen molar-refractivity contribution < 1.29 is 5.11 Å². The van der Waals surface area contributed by atoms with E-state index in [1.807, 2.05) is 18.5 Å². The van der Waals surface area contributed by atoms with Crippen LogP contribution in [0.4, 0.5) is 0 Å². The van der Waals surface area contributed by atoms with E-state index in [0.717, 1.165) is 5.56 Å². The Morgan fingerprint density at radius 1 is 1.05 bits per heavy atom. The van der Waals surface area contributed by atoms with Gasteiger partial charge < -0.3 is 9.67 Å². The summed E-state index contributed by atoms with van der Waals surface area (Å²) in [5.74, 6) is 0. The van der Waals surface area contributed by atoms with E-state index in [2.05, 4.69) is 48.6 Å². The fourth-order valence-electron chi connectivity index (χ4n) is 3.69. The topological polar surface area (TPSA) is 38.1 Å². The molecule has 4 aromatic rings. The number of aryl methyl sites for hydroxylation is 3. The van der Waals surface area contributed by atoms with Crippen LogP contribution < -0.4 is 0 Å². The predicted molar refractivity (Wildman–Crippen MR) is 91.1 cm³/mol. The normalized spacial score (nSPS) is 11.8. The summed E-state index contributed by atoms with van der Waals surface area (Å²) < 4.78 is 2.25. The van der Waals surface area contributed by atoms with Crippen molar-refractivity contribution >= 4 is 32.6 Å². The average molecular weight is 290 g/mol. The highest BCUT2D eigenvalue weighted by Crippen LogP contribution is 2.38. The Bertz CT molecular complexity index is 1040. The van der Waals surface area contributed by atoms with Crippen LogP contribution in [0.1, 0.15) is 16.7 Å². The standard InChI is InChI=1S/C19H18N2O/c1-11-14-6-7-20-9-16(14)12(2)19-18(11)15-8-13(10-22)4-5-17(15)21(19)3/h4-9,22H,10H2,1-3H3. The number of rotatable bonds is 1. The van der Waals surface area contributed by atoms with Gasteiger partial charge in [-0.05, 0) is 54.1 Å². The lowest BCUT2D eigenvalue weighted by Crippen LogP contribution is -1.92. The fraction of sp³-hybridized carbons (Fsp3) is 0.211. The molecular weight excluding hydrogens is 272 g/mol. The first-order valence-electron chi connectivity index (χ1n) is 7.48. The molecule has 3 heteroatoms. The Morgan fingerprint density at radius 3 is 2.64 bits per heavy atom. The Balaban J connectivity index is 2.34. The van der Waals surface area contributed by atoms with Crippen molar-refractivity contribution in [3.63, 3.8) is 0 Å². The van der Waals surface area contributed by atoms with Crippen LogP contribution in [0, 0.1) is 13.8 Å². The number of fused-ring (bicyclic) bond motifs is 4. The van der Waals surface area contributed by atoms with Gasteiger partial charge in [0, 0.05) is 41.1 Å². The molecule has 1 N–H and O–H groups in total. The number of nitrogens with zero attached hydrogens (tertiary/aromatic N) is 2. The summed E-state index contributed by atoms with van der Waals surface area (Å²) in [6.07, 6.45) is 3.80. The van der Waals surface area contributed by atoms with E-state index in [1.54, 1.807) is 0 Å². The second-order valence-corrected chi connectivity index (χ2v) is 5.96. The molecular formula is C19H18N2O. The SMILES string of the molecule is Cc1c2ccncc2c(C)c2c1c1cc(CO)ccc1n2C. The van der Waals surface area contributed by atoms with E-state index in [0.29, 0.717) is 0 Å². The minimum absolute atomic E-state index is 0.0713. The van der Waals surface area contributed by atoms with E-state index in [1.165, 1.54) is 43.7 Å². The van der Waals surface area contributed by atoms with Gasteiger partial charge >= 0.3 is 0 Å². The zero-order chi connectivity index (χ0) is 15.4. The molecule has 0 aliphatic carbocycles. The Hall–Kier alpha value is -2.39. The minimum Gasteiger partial charge on any atom is -0.392 e. The Labute approximate surface area is 128 Å². The number of aliphatic hydroxyl groups is 1. The minimum atomic E-state index is 0.0713. The zero-order valence-electron chi connectivity index (χ0n) is 13.0. The smallest absolute Gasteiger partial charge is 0.0682 e. The van der Waals surface area contributed by atoms with Crippen molar-refractivity contribution in [3.8, 4) is 0 Å². The molecule has 0 saturated carbocycles. The maximum absolute atomic E-state index is 9.46. The van der Waals surface area contributed by atoms with Crippen molar-refractivity contribution in [2.75, 3.05) is 0 Å². The summed E-state index contributed by atoms with van der Waals surface area (Å²) in [7, 11) is 2.11. The number of pyridine rings is 1. The van der Waals surface area contributed by atoms with Crippen molar-refractivity contribution in [2.24, 2.45) is 7.05 Å². The Morgan fingerprint density at radius 2 is 1.86 bits per heavy atom. The van der Waals surface area contributed by atoms with Crippen molar-refractivity contribution in [1.82, 2.24) is 9.55 Å². The monoisotopic (exact) mass is 290 g/mol. The molecule has 0 bridgehead atoms. The summed E-state index contributed by atoms with van der Waals surface area (Å²) in [6.45, 7) is 4.41. The van der Waals surface area contributed by atoms with Crippen molar-refractivity contribution in [1.29, 1.82) is 0 Å². The molecule has 0 amide bonds. The van der Waals surface area contributed by atoms with Gasteiger partial charge in [-0.15, -0.1) is 0 Å². The molecule has 22 heavy (non-hydrogen) atoms.